The zero-order chi connectivity index (χ0) is 15.3. The van der Waals surface area contributed by atoms with E-state index >= 15 is 0 Å². The number of aliphatic imine (C=N–C) groups is 1. The quantitative estimate of drug-likeness (QED) is 0.791. The second kappa shape index (κ2) is 4.55. The first-order valence-electron chi connectivity index (χ1n) is 7.42. The average molecular weight is 281 g/mol. The predicted octanol–water partition coefficient (Wildman–Crippen LogP) is 2.59. The molecule has 1 N–H and O–H groups in total. The van der Waals surface area contributed by atoms with Crippen LogP contribution in [0.2, 0.25) is 0 Å². The third kappa shape index (κ3) is 2.62. The van der Waals surface area contributed by atoms with Crippen LogP contribution in [-0.4, -0.2) is 34.5 Å². The van der Waals surface area contributed by atoms with E-state index in [1.165, 1.54) is 0 Å². The summed E-state index contributed by atoms with van der Waals surface area (Å²) >= 11 is 0. The molecule has 2 unspecified atom stereocenters. The van der Waals surface area contributed by atoms with Crippen molar-refractivity contribution >= 4 is 11.7 Å². The lowest BCUT2D eigenvalue weighted by molar-refractivity contribution is -0.153. The van der Waals surface area contributed by atoms with Crippen molar-refractivity contribution in [3.63, 3.8) is 0 Å². The van der Waals surface area contributed by atoms with Crippen LogP contribution in [-0.2, 0) is 9.53 Å². The van der Waals surface area contributed by atoms with Gasteiger partial charge in [0.2, 0.25) is 0 Å². The van der Waals surface area contributed by atoms with Crippen LogP contribution in [0.4, 0.5) is 0 Å². The highest BCUT2D eigenvalue weighted by molar-refractivity contribution is 5.95. The van der Waals surface area contributed by atoms with Gasteiger partial charge in [0.05, 0.1) is 0 Å². The van der Waals surface area contributed by atoms with Crippen molar-refractivity contribution in [2.24, 2.45) is 22.2 Å². The summed E-state index contributed by atoms with van der Waals surface area (Å²) in [6.07, 6.45) is 1.85. The van der Waals surface area contributed by atoms with E-state index in [1.54, 1.807) is 0 Å². The summed E-state index contributed by atoms with van der Waals surface area (Å²) in [7, 11) is 0. The molecular formula is C16H27NO3. The number of fused-ring (bicyclic) bond motifs is 2. The molecule has 0 aromatic heterocycles. The molecule has 0 aromatic rings. The average Bonchev–Trinajstić information content (AvgIpc) is 2.23. The van der Waals surface area contributed by atoms with Gasteiger partial charge in [0.1, 0.15) is 17.7 Å². The molecule has 3 aliphatic carbocycles. The second-order valence-electron chi connectivity index (χ2n) is 8.01. The molecule has 0 amide bonds. The summed E-state index contributed by atoms with van der Waals surface area (Å²) in [5, 5.41) is 10.7. The van der Waals surface area contributed by atoms with Gasteiger partial charge in [0, 0.05) is 5.71 Å². The Kier molecular flexibility index (Phi) is 3.52. The molecule has 3 fully saturated rings. The number of ether oxygens (including phenoxy) is 1. The number of nitrogens with zero attached hydrogens (tertiary/aromatic N) is 1. The Balaban J connectivity index is 2.04. The second-order valence-corrected chi connectivity index (χ2v) is 8.01. The standard InChI is InChI=1S/C16H27NO3/c1-14(2,3)20-13(18)9-17-12-8-10-7-11(15(10,4)5)16(12,6)19/h10-11,19H,7-9H2,1-6H3/t10?,11?,16-/m1/s1. The zero-order valence-corrected chi connectivity index (χ0v) is 13.5. The molecule has 0 aromatic carbocycles. The van der Waals surface area contributed by atoms with E-state index in [4.69, 9.17) is 4.74 Å². The van der Waals surface area contributed by atoms with Gasteiger partial charge in [-0.25, -0.2) is 0 Å². The van der Waals surface area contributed by atoms with Crippen molar-refractivity contribution in [2.45, 2.75) is 65.6 Å². The van der Waals surface area contributed by atoms with Gasteiger partial charge < -0.3 is 9.84 Å². The Morgan fingerprint density at radius 2 is 2.00 bits per heavy atom. The van der Waals surface area contributed by atoms with E-state index in [-0.39, 0.29) is 23.8 Å². The topological polar surface area (TPSA) is 58.9 Å². The van der Waals surface area contributed by atoms with E-state index in [0.717, 1.165) is 18.6 Å². The first-order chi connectivity index (χ1) is 8.94. The molecule has 3 saturated carbocycles. The number of carbonyl (C=O) groups excluding carboxylic acids is 1. The molecule has 0 saturated heterocycles. The van der Waals surface area contributed by atoms with Gasteiger partial charge in [0.15, 0.2) is 0 Å². The maximum atomic E-state index is 11.7. The molecule has 0 spiro atoms. The lowest BCUT2D eigenvalue weighted by atomic mass is 9.44. The number of hydrogen-bond acceptors (Lipinski definition) is 4. The fourth-order valence-electron chi connectivity index (χ4n) is 3.72. The predicted molar refractivity (Wildman–Crippen MR) is 78.8 cm³/mol. The van der Waals surface area contributed by atoms with Crippen molar-refractivity contribution in [1.82, 2.24) is 0 Å². The largest absolute Gasteiger partial charge is 0.459 e. The number of rotatable bonds is 2. The molecule has 3 aliphatic rings. The fraction of sp³-hybridized carbons (Fsp3) is 0.875. The maximum absolute atomic E-state index is 11.7. The Hall–Kier alpha value is -0.900. The monoisotopic (exact) mass is 281 g/mol. The Bertz CT molecular complexity index is 443. The minimum Gasteiger partial charge on any atom is -0.459 e. The van der Waals surface area contributed by atoms with Crippen LogP contribution in [0.25, 0.3) is 0 Å². The molecule has 0 radical (unpaired) electrons. The molecule has 2 bridgehead atoms. The summed E-state index contributed by atoms with van der Waals surface area (Å²) < 4.78 is 5.25. The molecule has 3 atom stereocenters. The van der Waals surface area contributed by atoms with Crippen molar-refractivity contribution in [1.29, 1.82) is 0 Å². The van der Waals surface area contributed by atoms with Gasteiger partial charge in [-0.3, -0.25) is 9.79 Å². The number of esters is 1. The molecule has 4 nitrogen and oxygen atoms in total. The number of carbonyl (C=O) groups is 1. The number of hydrogen-bond donors (Lipinski definition) is 1. The highest BCUT2D eigenvalue weighted by Crippen LogP contribution is 2.61. The number of aliphatic hydroxyl groups is 1. The van der Waals surface area contributed by atoms with Crippen LogP contribution >= 0.6 is 0 Å². The van der Waals surface area contributed by atoms with Gasteiger partial charge in [-0.15, -0.1) is 0 Å². The van der Waals surface area contributed by atoms with Crippen LogP contribution in [0.1, 0.15) is 54.4 Å². The first kappa shape index (κ1) is 15.5. The minimum atomic E-state index is -0.889. The molecule has 3 rings (SSSR count). The maximum Gasteiger partial charge on any atom is 0.328 e. The van der Waals surface area contributed by atoms with Crippen molar-refractivity contribution < 1.29 is 14.6 Å². The fourth-order valence-corrected chi connectivity index (χ4v) is 3.72. The zero-order valence-electron chi connectivity index (χ0n) is 13.5. The van der Waals surface area contributed by atoms with Crippen LogP contribution < -0.4 is 0 Å². The summed E-state index contributed by atoms with van der Waals surface area (Å²) in [5.74, 6) is 0.482. The first-order valence-corrected chi connectivity index (χ1v) is 7.42. The van der Waals surface area contributed by atoms with Crippen LogP contribution in [0, 0.1) is 17.3 Å². The summed E-state index contributed by atoms with van der Waals surface area (Å²) in [5.41, 5.74) is -0.436. The molecule has 20 heavy (non-hydrogen) atoms. The Morgan fingerprint density at radius 1 is 1.40 bits per heavy atom. The molecular weight excluding hydrogens is 254 g/mol. The third-order valence-electron chi connectivity index (χ3n) is 4.99. The third-order valence-corrected chi connectivity index (χ3v) is 4.99. The normalized spacial score (nSPS) is 37.5. The SMILES string of the molecule is CC(C)(C)OC(=O)CN=C1CC2CC(C2(C)C)[C@@]1(C)O. The highest BCUT2D eigenvalue weighted by Gasteiger charge is 2.61. The van der Waals surface area contributed by atoms with E-state index in [2.05, 4.69) is 18.8 Å². The van der Waals surface area contributed by atoms with E-state index < -0.39 is 11.2 Å². The lowest BCUT2D eigenvalue weighted by Gasteiger charge is -2.62. The molecule has 114 valence electrons. The van der Waals surface area contributed by atoms with Gasteiger partial charge in [-0.2, -0.15) is 0 Å². The van der Waals surface area contributed by atoms with Crippen molar-refractivity contribution in [2.75, 3.05) is 6.54 Å². The Morgan fingerprint density at radius 3 is 2.45 bits per heavy atom. The van der Waals surface area contributed by atoms with E-state index in [0.29, 0.717) is 5.92 Å². The summed E-state index contributed by atoms with van der Waals surface area (Å²) in [6, 6.07) is 0. The van der Waals surface area contributed by atoms with Crippen LogP contribution in [0.15, 0.2) is 4.99 Å². The van der Waals surface area contributed by atoms with Gasteiger partial charge in [-0.1, -0.05) is 13.8 Å². The summed E-state index contributed by atoms with van der Waals surface area (Å²) in [6.45, 7) is 11.8. The van der Waals surface area contributed by atoms with E-state index in [9.17, 15) is 9.90 Å². The van der Waals surface area contributed by atoms with Crippen LogP contribution in [0.5, 0.6) is 0 Å². The lowest BCUT2D eigenvalue weighted by Crippen LogP contribution is -2.64. The summed E-state index contributed by atoms with van der Waals surface area (Å²) in [4.78, 5) is 16.1. The van der Waals surface area contributed by atoms with Gasteiger partial charge in [-0.05, 0) is 57.8 Å². The van der Waals surface area contributed by atoms with E-state index in [1.807, 2.05) is 27.7 Å². The smallest absolute Gasteiger partial charge is 0.328 e. The Labute approximate surface area is 121 Å². The highest BCUT2D eigenvalue weighted by atomic mass is 16.6. The van der Waals surface area contributed by atoms with Gasteiger partial charge in [0.25, 0.3) is 0 Å². The van der Waals surface area contributed by atoms with Crippen molar-refractivity contribution in [3.05, 3.63) is 0 Å². The minimum absolute atomic E-state index is 0.00260. The molecule has 0 heterocycles. The molecule has 0 aliphatic heterocycles. The van der Waals surface area contributed by atoms with Gasteiger partial charge >= 0.3 is 5.97 Å². The van der Waals surface area contributed by atoms with Crippen molar-refractivity contribution in [3.8, 4) is 0 Å². The molecule has 4 heteroatoms. The van der Waals surface area contributed by atoms with Crippen LogP contribution in [0.3, 0.4) is 0 Å².